The minimum Gasteiger partial charge on any atom is -0.480 e. The lowest BCUT2D eigenvalue weighted by Crippen LogP contribution is -2.42. The van der Waals surface area contributed by atoms with Crippen molar-refractivity contribution in [1.82, 2.24) is 5.32 Å². The Balaban J connectivity index is 2.13. The summed E-state index contributed by atoms with van der Waals surface area (Å²) in [6.45, 7) is 0. The summed E-state index contributed by atoms with van der Waals surface area (Å²) < 4.78 is 0.860. The van der Waals surface area contributed by atoms with E-state index in [1.165, 1.54) is 18.2 Å². The molecule has 0 spiro atoms. The number of nitro groups is 1. The second kappa shape index (κ2) is 7.69. The topological polar surface area (TPSA) is 110 Å². The summed E-state index contributed by atoms with van der Waals surface area (Å²) in [5.41, 5.74) is 0.540. The van der Waals surface area contributed by atoms with Crippen molar-refractivity contribution >= 4 is 33.5 Å². The lowest BCUT2D eigenvalue weighted by atomic mass is 10.1. The number of nitrogens with zero attached hydrogens (tertiary/aromatic N) is 1. The van der Waals surface area contributed by atoms with Gasteiger partial charge in [-0.25, -0.2) is 4.79 Å². The Hall–Kier alpha value is -2.74. The molecule has 8 heteroatoms. The fourth-order valence-electron chi connectivity index (χ4n) is 2.06. The monoisotopic (exact) mass is 392 g/mol. The van der Waals surface area contributed by atoms with Crippen LogP contribution in [-0.2, 0) is 11.2 Å². The Labute approximate surface area is 145 Å². The van der Waals surface area contributed by atoms with Crippen molar-refractivity contribution in [2.24, 2.45) is 0 Å². The van der Waals surface area contributed by atoms with Crippen LogP contribution in [0, 0.1) is 10.1 Å². The van der Waals surface area contributed by atoms with Crippen LogP contribution < -0.4 is 5.32 Å². The van der Waals surface area contributed by atoms with Gasteiger partial charge in [0.05, 0.1) is 4.92 Å². The SMILES string of the molecule is O=C(N[C@H](Cc1ccc(Br)cc1)C(=O)O)c1cccc([N+](=O)[O-])c1. The third kappa shape index (κ3) is 4.63. The zero-order valence-electron chi connectivity index (χ0n) is 12.3. The molecule has 7 nitrogen and oxygen atoms in total. The molecule has 0 fully saturated rings. The summed E-state index contributed by atoms with van der Waals surface area (Å²) in [5, 5.41) is 22.4. The molecule has 2 aromatic carbocycles. The van der Waals surface area contributed by atoms with Crippen LogP contribution in [0.3, 0.4) is 0 Å². The number of amides is 1. The first kappa shape index (κ1) is 17.6. The van der Waals surface area contributed by atoms with Crippen molar-refractivity contribution in [2.75, 3.05) is 0 Å². The minimum atomic E-state index is -1.18. The molecule has 1 atom stereocenters. The molecular weight excluding hydrogens is 380 g/mol. The second-order valence-corrected chi connectivity index (χ2v) is 5.92. The summed E-state index contributed by atoms with van der Waals surface area (Å²) in [4.78, 5) is 33.7. The van der Waals surface area contributed by atoms with Crippen LogP contribution in [0.25, 0.3) is 0 Å². The quantitative estimate of drug-likeness (QED) is 0.580. The molecule has 2 rings (SSSR count). The van der Waals surface area contributed by atoms with E-state index in [0.29, 0.717) is 0 Å². The zero-order valence-corrected chi connectivity index (χ0v) is 13.9. The van der Waals surface area contributed by atoms with Crippen molar-refractivity contribution in [3.63, 3.8) is 0 Å². The van der Waals surface area contributed by atoms with Gasteiger partial charge in [-0.05, 0) is 23.8 Å². The average molecular weight is 393 g/mol. The molecule has 0 aliphatic rings. The van der Waals surface area contributed by atoms with E-state index in [2.05, 4.69) is 21.2 Å². The van der Waals surface area contributed by atoms with Crippen molar-refractivity contribution in [2.45, 2.75) is 12.5 Å². The Kier molecular flexibility index (Phi) is 5.64. The number of hydrogen-bond acceptors (Lipinski definition) is 4. The summed E-state index contributed by atoms with van der Waals surface area (Å²) in [6, 6.07) is 11.0. The van der Waals surface area contributed by atoms with Crippen LogP contribution in [0.4, 0.5) is 5.69 Å². The highest BCUT2D eigenvalue weighted by atomic mass is 79.9. The van der Waals surface area contributed by atoms with Crippen LogP contribution in [0.15, 0.2) is 53.0 Å². The molecule has 0 radical (unpaired) electrons. The van der Waals surface area contributed by atoms with E-state index < -0.39 is 22.8 Å². The summed E-state index contributed by atoms with van der Waals surface area (Å²) in [6.07, 6.45) is 0.100. The minimum absolute atomic E-state index is 0.0336. The lowest BCUT2D eigenvalue weighted by Gasteiger charge is -2.14. The van der Waals surface area contributed by atoms with Gasteiger partial charge < -0.3 is 10.4 Å². The van der Waals surface area contributed by atoms with Gasteiger partial charge in [0.1, 0.15) is 6.04 Å². The van der Waals surface area contributed by atoms with Crippen LogP contribution in [0.1, 0.15) is 15.9 Å². The number of carboxylic acid groups (broad SMARTS) is 1. The molecule has 0 aliphatic heterocycles. The molecule has 0 aromatic heterocycles. The van der Waals surface area contributed by atoms with Crippen LogP contribution in [0.2, 0.25) is 0 Å². The normalized spacial score (nSPS) is 11.5. The van der Waals surface area contributed by atoms with Crippen LogP contribution >= 0.6 is 15.9 Å². The first-order chi connectivity index (χ1) is 11.4. The molecule has 24 heavy (non-hydrogen) atoms. The highest BCUT2D eigenvalue weighted by Crippen LogP contribution is 2.14. The molecule has 0 saturated carbocycles. The molecule has 0 bridgehead atoms. The number of nitro benzene ring substituents is 1. The molecule has 2 N–H and O–H groups in total. The van der Waals surface area contributed by atoms with Gasteiger partial charge in [-0.15, -0.1) is 0 Å². The molecule has 0 unspecified atom stereocenters. The molecule has 1 amide bonds. The maximum absolute atomic E-state index is 12.2. The molecule has 0 heterocycles. The predicted molar refractivity (Wildman–Crippen MR) is 89.8 cm³/mol. The van der Waals surface area contributed by atoms with E-state index in [-0.39, 0.29) is 17.7 Å². The largest absolute Gasteiger partial charge is 0.480 e. The molecule has 2 aromatic rings. The maximum Gasteiger partial charge on any atom is 0.326 e. The smallest absolute Gasteiger partial charge is 0.326 e. The summed E-state index contributed by atoms with van der Waals surface area (Å²) in [7, 11) is 0. The standard InChI is InChI=1S/C16H13BrN2O5/c17-12-6-4-10(5-7-12)8-14(16(21)22)18-15(20)11-2-1-3-13(9-11)19(23)24/h1-7,9,14H,8H2,(H,18,20)(H,21,22)/t14-/m1/s1. The van der Waals surface area contributed by atoms with Gasteiger partial charge in [0, 0.05) is 28.6 Å². The highest BCUT2D eigenvalue weighted by Gasteiger charge is 2.22. The maximum atomic E-state index is 12.2. The van der Waals surface area contributed by atoms with E-state index in [1.54, 1.807) is 24.3 Å². The third-order valence-electron chi connectivity index (χ3n) is 3.28. The van der Waals surface area contributed by atoms with E-state index in [0.717, 1.165) is 16.1 Å². The van der Waals surface area contributed by atoms with Gasteiger partial charge in [0.2, 0.25) is 0 Å². The van der Waals surface area contributed by atoms with E-state index in [9.17, 15) is 24.8 Å². The van der Waals surface area contributed by atoms with Crippen LogP contribution in [-0.4, -0.2) is 27.9 Å². The average Bonchev–Trinajstić information content (AvgIpc) is 2.56. The summed E-state index contributed by atoms with van der Waals surface area (Å²) >= 11 is 3.29. The number of hydrogen-bond donors (Lipinski definition) is 2. The van der Waals surface area contributed by atoms with Gasteiger partial charge in [0.15, 0.2) is 0 Å². The lowest BCUT2D eigenvalue weighted by molar-refractivity contribution is -0.384. The van der Waals surface area contributed by atoms with Gasteiger partial charge in [0.25, 0.3) is 11.6 Å². The zero-order chi connectivity index (χ0) is 17.7. The van der Waals surface area contributed by atoms with Crippen LogP contribution in [0.5, 0.6) is 0 Å². The first-order valence-electron chi connectivity index (χ1n) is 6.89. The van der Waals surface area contributed by atoms with Crippen molar-refractivity contribution in [3.05, 3.63) is 74.2 Å². The van der Waals surface area contributed by atoms with E-state index >= 15 is 0 Å². The Morgan fingerprint density at radius 3 is 2.46 bits per heavy atom. The molecule has 124 valence electrons. The van der Waals surface area contributed by atoms with Gasteiger partial charge >= 0.3 is 5.97 Å². The van der Waals surface area contributed by atoms with Crippen molar-refractivity contribution < 1.29 is 19.6 Å². The van der Waals surface area contributed by atoms with Gasteiger partial charge in [-0.1, -0.05) is 34.1 Å². The van der Waals surface area contributed by atoms with E-state index in [1.807, 2.05) is 0 Å². The van der Waals surface area contributed by atoms with E-state index in [4.69, 9.17) is 0 Å². The Morgan fingerprint density at radius 2 is 1.88 bits per heavy atom. The third-order valence-corrected chi connectivity index (χ3v) is 3.80. The Morgan fingerprint density at radius 1 is 1.21 bits per heavy atom. The number of carboxylic acids is 1. The van der Waals surface area contributed by atoms with Crippen molar-refractivity contribution in [1.29, 1.82) is 0 Å². The Bertz CT molecular complexity index is 776. The number of carbonyl (C=O) groups is 2. The number of benzene rings is 2. The fourth-order valence-corrected chi connectivity index (χ4v) is 2.32. The number of halogens is 1. The first-order valence-corrected chi connectivity index (χ1v) is 7.68. The summed E-state index contributed by atoms with van der Waals surface area (Å²) in [5.74, 6) is -1.86. The predicted octanol–water partition coefficient (Wildman–Crippen LogP) is 2.78. The highest BCUT2D eigenvalue weighted by molar-refractivity contribution is 9.10. The number of nitrogens with one attached hydrogen (secondary N) is 1. The number of carbonyl (C=O) groups excluding carboxylic acids is 1. The number of rotatable bonds is 6. The van der Waals surface area contributed by atoms with Gasteiger partial charge in [-0.3, -0.25) is 14.9 Å². The fraction of sp³-hybridized carbons (Fsp3) is 0.125. The molecule has 0 saturated heterocycles. The van der Waals surface area contributed by atoms with Gasteiger partial charge in [-0.2, -0.15) is 0 Å². The number of aliphatic carboxylic acids is 1. The molecule has 0 aliphatic carbocycles. The second-order valence-electron chi connectivity index (χ2n) is 5.00. The number of non-ortho nitro benzene ring substituents is 1. The molecular formula is C16H13BrN2O5. The van der Waals surface area contributed by atoms with Crippen molar-refractivity contribution in [3.8, 4) is 0 Å².